The number of carbonyl (C=O) groups excluding carboxylic acids is 1. The zero-order valence-electron chi connectivity index (χ0n) is 13.7. The van der Waals surface area contributed by atoms with Gasteiger partial charge in [-0.15, -0.1) is 0 Å². The number of ether oxygens (including phenoxy) is 1. The standard InChI is InChI=1S/C21H16N2O2/c1-25-20-11-10-16(13-17(20)15-7-3-2-4-8-15)21(24)18(14-22)19-9-5-6-12-23-19/h2-13,18H,1H3. The first-order valence-electron chi connectivity index (χ1n) is 7.83. The van der Waals surface area contributed by atoms with Crippen LogP contribution in [0.25, 0.3) is 11.1 Å². The molecule has 1 aromatic heterocycles. The second kappa shape index (κ2) is 7.41. The lowest BCUT2D eigenvalue weighted by atomic mass is 9.92. The molecule has 0 bridgehead atoms. The number of benzene rings is 2. The van der Waals surface area contributed by atoms with Crippen LogP contribution in [0.5, 0.6) is 5.75 Å². The van der Waals surface area contributed by atoms with Crippen molar-refractivity contribution in [2.75, 3.05) is 7.11 Å². The fraction of sp³-hybridized carbons (Fsp3) is 0.0952. The third-order valence-corrected chi connectivity index (χ3v) is 3.94. The van der Waals surface area contributed by atoms with Gasteiger partial charge in [-0.05, 0) is 35.9 Å². The summed E-state index contributed by atoms with van der Waals surface area (Å²) in [5.41, 5.74) is 2.66. The Morgan fingerprint density at radius 3 is 2.48 bits per heavy atom. The number of hydrogen-bond acceptors (Lipinski definition) is 4. The lowest BCUT2D eigenvalue weighted by Gasteiger charge is -2.12. The lowest BCUT2D eigenvalue weighted by Crippen LogP contribution is -2.12. The van der Waals surface area contributed by atoms with Gasteiger partial charge in [0.05, 0.1) is 18.9 Å². The van der Waals surface area contributed by atoms with Crippen LogP contribution < -0.4 is 4.74 Å². The van der Waals surface area contributed by atoms with Crippen LogP contribution in [-0.2, 0) is 0 Å². The average molecular weight is 328 g/mol. The van der Waals surface area contributed by atoms with E-state index in [1.165, 1.54) is 0 Å². The molecular formula is C21H16N2O2. The predicted octanol–water partition coefficient (Wildman–Crippen LogP) is 4.25. The predicted molar refractivity (Wildman–Crippen MR) is 95.4 cm³/mol. The van der Waals surface area contributed by atoms with Crippen LogP contribution in [0.2, 0.25) is 0 Å². The van der Waals surface area contributed by atoms with Crippen LogP contribution in [0.1, 0.15) is 22.0 Å². The highest BCUT2D eigenvalue weighted by molar-refractivity contribution is 6.03. The number of carbonyl (C=O) groups is 1. The Bertz CT molecular complexity index is 916. The van der Waals surface area contributed by atoms with Gasteiger partial charge in [0, 0.05) is 17.3 Å². The van der Waals surface area contributed by atoms with Crippen LogP contribution in [0.3, 0.4) is 0 Å². The maximum atomic E-state index is 12.9. The number of pyridine rings is 1. The Hall–Kier alpha value is -3.45. The summed E-state index contributed by atoms with van der Waals surface area (Å²) in [7, 11) is 1.59. The maximum absolute atomic E-state index is 12.9. The van der Waals surface area contributed by atoms with Gasteiger partial charge in [0.2, 0.25) is 0 Å². The number of Topliss-reactive ketones (excluding diaryl/α,β-unsaturated/α-hetero) is 1. The number of nitriles is 1. The topological polar surface area (TPSA) is 63.0 Å². The molecule has 4 nitrogen and oxygen atoms in total. The molecular weight excluding hydrogens is 312 g/mol. The molecule has 0 saturated carbocycles. The molecule has 0 spiro atoms. The van der Waals surface area contributed by atoms with Gasteiger partial charge in [-0.3, -0.25) is 9.78 Å². The normalized spacial score (nSPS) is 11.4. The SMILES string of the molecule is COc1ccc(C(=O)C(C#N)c2ccccn2)cc1-c1ccccc1. The molecule has 0 N–H and O–H groups in total. The highest BCUT2D eigenvalue weighted by Gasteiger charge is 2.23. The molecule has 2 aromatic carbocycles. The van der Waals surface area contributed by atoms with E-state index in [0.717, 1.165) is 11.1 Å². The van der Waals surface area contributed by atoms with E-state index in [1.807, 2.05) is 30.3 Å². The first kappa shape index (κ1) is 16.4. The number of nitrogens with zero attached hydrogens (tertiary/aromatic N) is 2. The Labute approximate surface area is 146 Å². The van der Waals surface area contributed by atoms with Crippen molar-refractivity contribution in [3.63, 3.8) is 0 Å². The first-order chi connectivity index (χ1) is 12.2. The Morgan fingerprint density at radius 2 is 1.84 bits per heavy atom. The highest BCUT2D eigenvalue weighted by Crippen LogP contribution is 2.32. The fourth-order valence-corrected chi connectivity index (χ4v) is 2.68. The van der Waals surface area contributed by atoms with E-state index in [4.69, 9.17) is 4.74 Å². The molecule has 0 amide bonds. The number of hydrogen-bond donors (Lipinski definition) is 0. The van der Waals surface area contributed by atoms with Crippen LogP contribution >= 0.6 is 0 Å². The molecule has 1 heterocycles. The van der Waals surface area contributed by atoms with E-state index in [-0.39, 0.29) is 5.78 Å². The average Bonchev–Trinajstić information content (AvgIpc) is 2.69. The second-order valence-corrected chi connectivity index (χ2v) is 5.46. The van der Waals surface area contributed by atoms with Gasteiger partial charge in [-0.2, -0.15) is 5.26 Å². The van der Waals surface area contributed by atoms with E-state index in [1.54, 1.807) is 49.7 Å². The molecule has 4 heteroatoms. The molecule has 1 atom stereocenters. The van der Waals surface area contributed by atoms with Crippen molar-refractivity contribution in [1.82, 2.24) is 4.98 Å². The van der Waals surface area contributed by atoms with Gasteiger partial charge in [-0.25, -0.2) is 0 Å². The molecule has 122 valence electrons. The van der Waals surface area contributed by atoms with Crippen molar-refractivity contribution < 1.29 is 9.53 Å². The summed E-state index contributed by atoms with van der Waals surface area (Å²) >= 11 is 0. The number of aromatic nitrogens is 1. The van der Waals surface area contributed by atoms with E-state index < -0.39 is 5.92 Å². The molecule has 3 rings (SSSR count). The fourth-order valence-electron chi connectivity index (χ4n) is 2.68. The molecule has 3 aromatic rings. The number of methoxy groups -OCH3 is 1. The van der Waals surface area contributed by atoms with Crippen molar-refractivity contribution in [2.24, 2.45) is 0 Å². The van der Waals surface area contributed by atoms with Gasteiger partial charge in [0.15, 0.2) is 11.7 Å². The zero-order chi connectivity index (χ0) is 17.6. The maximum Gasteiger partial charge on any atom is 0.186 e. The van der Waals surface area contributed by atoms with E-state index in [2.05, 4.69) is 11.1 Å². The third kappa shape index (κ3) is 3.41. The van der Waals surface area contributed by atoms with Gasteiger partial charge >= 0.3 is 0 Å². The van der Waals surface area contributed by atoms with Crippen molar-refractivity contribution in [2.45, 2.75) is 5.92 Å². The Balaban J connectivity index is 2.03. The minimum absolute atomic E-state index is 0.277. The van der Waals surface area contributed by atoms with Crippen LogP contribution in [0, 0.1) is 11.3 Å². The highest BCUT2D eigenvalue weighted by atomic mass is 16.5. The van der Waals surface area contributed by atoms with Crippen molar-refractivity contribution in [3.8, 4) is 22.9 Å². The number of rotatable bonds is 5. The monoisotopic (exact) mass is 328 g/mol. The number of ketones is 1. The van der Waals surface area contributed by atoms with Crippen LogP contribution in [0.4, 0.5) is 0 Å². The van der Waals surface area contributed by atoms with Gasteiger partial charge in [0.25, 0.3) is 0 Å². The summed E-state index contributed by atoms with van der Waals surface area (Å²) in [5, 5.41) is 9.46. The summed E-state index contributed by atoms with van der Waals surface area (Å²) in [4.78, 5) is 17.0. The van der Waals surface area contributed by atoms with E-state index in [0.29, 0.717) is 17.0 Å². The van der Waals surface area contributed by atoms with Gasteiger partial charge in [0.1, 0.15) is 5.75 Å². The van der Waals surface area contributed by atoms with Gasteiger partial charge < -0.3 is 4.74 Å². The van der Waals surface area contributed by atoms with Crippen molar-refractivity contribution in [3.05, 3.63) is 84.2 Å². The molecule has 1 unspecified atom stereocenters. The summed E-state index contributed by atoms with van der Waals surface area (Å²) in [6.07, 6.45) is 1.58. The summed E-state index contributed by atoms with van der Waals surface area (Å²) in [6, 6.07) is 22.2. The summed E-state index contributed by atoms with van der Waals surface area (Å²) < 4.78 is 5.42. The summed E-state index contributed by atoms with van der Waals surface area (Å²) in [6.45, 7) is 0. The smallest absolute Gasteiger partial charge is 0.186 e. The molecule has 0 saturated heterocycles. The molecule has 0 aliphatic heterocycles. The Kier molecular flexibility index (Phi) is 4.87. The molecule has 0 radical (unpaired) electrons. The molecule has 0 fully saturated rings. The van der Waals surface area contributed by atoms with E-state index >= 15 is 0 Å². The van der Waals surface area contributed by atoms with Gasteiger partial charge in [-0.1, -0.05) is 36.4 Å². The molecule has 0 aliphatic carbocycles. The summed E-state index contributed by atoms with van der Waals surface area (Å²) in [5.74, 6) is -0.534. The quantitative estimate of drug-likeness (QED) is 0.657. The Morgan fingerprint density at radius 1 is 1.08 bits per heavy atom. The third-order valence-electron chi connectivity index (χ3n) is 3.94. The van der Waals surface area contributed by atoms with Crippen LogP contribution in [-0.4, -0.2) is 17.9 Å². The minimum Gasteiger partial charge on any atom is -0.496 e. The van der Waals surface area contributed by atoms with Crippen LogP contribution in [0.15, 0.2) is 72.9 Å². The minimum atomic E-state index is -0.932. The van der Waals surface area contributed by atoms with Crippen molar-refractivity contribution in [1.29, 1.82) is 5.26 Å². The molecule has 25 heavy (non-hydrogen) atoms. The first-order valence-corrected chi connectivity index (χ1v) is 7.83. The molecule has 0 aliphatic rings. The second-order valence-electron chi connectivity index (χ2n) is 5.46. The van der Waals surface area contributed by atoms with Crippen molar-refractivity contribution >= 4 is 5.78 Å². The largest absolute Gasteiger partial charge is 0.496 e. The van der Waals surface area contributed by atoms with E-state index in [9.17, 15) is 10.1 Å². The lowest BCUT2D eigenvalue weighted by molar-refractivity contribution is 0.0977. The zero-order valence-corrected chi connectivity index (χ0v) is 13.7.